The highest BCUT2D eigenvalue weighted by atomic mass is 15.3. The van der Waals surface area contributed by atoms with Crippen LogP contribution in [0.25, 0.3) is 61.6 Å². The van der Waals surface area contributed by atoms with Crippen molar-refractivity contribution in [1.82, 2.24) is 28.2 Å². The van der Waals surface area contributed by atoms with E-state index in [2.05, 4.69) is 113 Å². The van der Waals surface area contributed by atoms with Crippen molar-refractivity contribution in [2.75, 3.05) is 0 Å². The van der Waals surface area contributed by atoms with E-state index in [0.29, 0.717) is 0 Å². The summed E-state index contributed by atoms with van der Waals surface area (Å²) in [6.45, 7) is 6.30. The number of aryl methyl sites for hydroxylation is 3. The van der Waals surface area contributed by atoms with Gasteiger partial charge in [-0.1, -0.05) is 48.0 Å². The predicted molar refractivity (Wildman–Crippen MR) is 145 cm³/mol. The lowest BCUT2D eigenvalue weighted by molar-refractivity contribution is 1.01. The Hall–Kier alpha value is -4.71. The number of benzene rings is 4. The van der Waals surface area contributed by atoms with Crippen molar-refractivity contribution in [3.8, 4) is 11.1 Å². The fourth-order valence-corrected chi connectivity index (χ4v) is 5.39. The molecule has 0 unspecified atom stereocenters. The third kappa shape index (κ3) is 2.53. The first-order valence-corrected chi connectivity index (χ1v) is 12.1. The van der Waals surface area contributed by atoms with E-state index in [1.54, 1.807) is 0 Å². The normalized spacial score (nSPS) is 12.3. The second-order valence-corrected chi connectivity index (χ2v) is 9.80. The van der Waals surface area contributed by atoms with Gasteiger partial charge < -0.3 is 0 Å². The van der Waals surface area contributed by atoms with Gasteiger partial charge in [-0.3, -0.25) is 0 Å². The minimum atomic E-state index is 0.812. The summed E-state index contributed by atoms with van der Waals surface area (Å²) < 4.78 is 6.48. The third-order valence-electron chi connectivity index (χ3n) is 7.21. The average molecular weight is 467 g/mol. The summed E-state index contributed by atoms with van der Waals surface area (Å²) in [4.78, 5) is 15.3. The Morgan fingerprint density at radius 2 is 0.806 bits per heavy atom. The van der Waals surface area contributed by atoms with E-state index >= 15 is 0 Å². The van der Waals surface area contributed by atoms with E-state index < -0.39 is 0 Å². The maximum atomic E-state index is 5.16. The van der Waals surface area contributed by atoms with Crippen molar-refractivity contribution >= 4 is 50.4 Å². The van der Waals surface area contributed by atoms with Gasteiger partial charge in [0.25, 0.3) is 0 Å². The molecule has 0 aliphatic carbocycles. The van der Waals surface area contributed by atoms with Gasteiger partial charge in [0.1, 0.15) is 0 Å². The summed E-state index contributed by atoms with van der Waals surface area (Å²) in [6.07, 6.45) is 0. The zero-order valence-corrected chi connectivity index (χ0v) is 20.2. The first-order chi connectivity index (χ1) is 17.5. The number of imidazole rings is 3. The molecule has 0 saturated carbocycles. The van der Waals surface area contributed by atoms with Crippen LogP contribution < -0.4 is 0 Å². The maximum Gasteiger partial charge on any atom is 0.225 e. The first kappa shape index (κ1) is 19.6. The Bertz CT molecular complexity index is 2160. The highest BCUT2D eigenvalue weighted by Crippen LogP contribution is 2.31. The topological polar surface area (TPSA) is 51.9 Å². The van der Waals surface area contributed by atoms with E-state index in [1.807, 2.05) is 0 Å². The Morgan fingerprint density at radius 3 is 1.31 bits per heavy atom. The molecule has 0 radical (unpaired) electrons. The van der Waals surface area contributed by atoms with Crippen molar-refractivity contribution in [3.63, 3.8) is 0 Å². The number of fused-ring (bicyclic) bond motifs is 12. The monoisotopic (exact) mass is 466 g/mol. The van der Waals surface area contributed by atoms with E-state index in [0.717, 1.165) is 56.0 Å². The fourth-order valence-electron chi connectivity index (χ4n) is 5.39. The van der Waals surface area contributed by atoms with Crippen LogP contribution >= 0.6 is 0 Å². The van der Waals surface area contributed by atoms with Crippen LogP contribution in [0.2, 0.25) is 0 Å². The largest absolute Gasteiger partial charge is 0.247 e. The molecule has 6 heteroatoms. The number of hydrogen-bond donors (Lipinski definition) is 0. The van der Waals surface area contributed by atoms with Gasteiger partial charge in [-0.05, 0) is 79.4 Å². The minimum absolute atomic E-state index is 0.812. The molecule has 6 nitrogen and oxygen atoms in total. The Morgan fingerprint density at radius 1 is 0.417 bits per heavy atom. The molecule has 172 valence electrons. The van der Waals surface area contributed by atoms with E-state index in [1.165, 1.54) is 22.3 Å². The molecular weight excluding hydrogens is 444 g/mol. The molecule has 0 fully saturated rings. The summed E-state index contributed by atoms with van der Waals surface area (Å²) in [5.74, 6) is 2.45. The van der Waals surface area contributed by atoms with Crippen molar-refractivity contribution in [2.45, 2.75) is 20.8 Å². The molecule has 4 heterocycles. The van der Waals surface area contributed by atoms with E-state index in [-0.39, 0.29) is 0 Å². The molecule has 8 aromatic rings. The first-order valence-electron chi connectivity index (χ1n) is 12.1. The fraction of sp³-hybridized carbons (Fsp3) is 0.100. The van der Waals surface area contributed by atoms with Crippen LogP contribution in [0.15, 0.2) is 78.9 Å². The molecule has 4 aromatic carbocycles. The van der Waals surface area contributed by atoms with Gasteiger partial charge in [0, 0.05) is 0 Å². The quantitative estimate of drug-likeness (QED) is 0.271. The molecule has 0 saturated heterocycles. The van der Waals surface area contributed by atoms with E-state index in [9.17, 15) is 0 Å². The number of nitrogens with zero attached hydrogens (tertiary/aromatic N) is 6. The zero-order chi connectivity index (χ0) is 24.1. The summed E-state index contributed by atoms with van der Waals surface area (Å²) in [6, 6.07) is 27.9. The van der Waals surface area contributed by atoms with Crippen molar-refractivity contribution in [3.05, 3.63) is 95.6 Å². The highest BCUT2D eigenvalue weighted by Gasteiger charge is 2.21. The third-order valence-corrected chi connectivity index (χ3v) is 7.21. The minimum Gasteiger partial charge on any atom is -0.247 e. The molecule has 0 spiro atoms. The van der Waals surface area contributed by atoms with Crippen molar-refractivity contribution in [1.29, 1.82) is 0 Å². The van der Waals surface area contributed by atoms with Crippen molar-refractivity contribution < 1.29 is 0 Å². The van der Waals surface area contributed by atoms with Gasteiger partial charge >= 0.3 is 0 Å². The number of aromatic nitrogens is 6. The molecule has 0 aliphatic rings. The van der Waals surface area contributed by atoms with Crippen LogP contribution in [-0.4, -0.2) is 28.2 Å². The molecule has 0 aliphatic heterocycles. The summed E-state index contributed by atoms with van der Waals surface area (Å²) in [7, 11) is 0. The van der Waals surface area contributed by atoms with Crippen LogP contribution in [0.3, 0.4) is 0 Å². The van der Waals surface area contributed by atoms with Gasteiger partial charge in [-0.25, -0.2) is 28.2 Å². The number of hydrogen-bond acceptors (Lipinski definition) is 3. The lowest BCUT2D eigenvalue weighted by Crippen LogP contribution is -2.04. The Balaban J connectivity index is 1.58. The van der Waals surface area contributed by atoms with Gasteiger partial charge in [0.15, 0.2) is 0 Å². The molecule has 8 rings (SSSR count). The Labute approximate surface area is 206 Å². The molecule has 4 aromatic heterocycles. The molecule has 0 bridgehead atoms. The van der Waals surface area contributed by atoms with Crippen molar-refractivity contribution in [2.24, 2.45) is 0 Å². The average Bonchev–Trinajstić information content (AvgIpc) is 3.53. The predicted octanol–water partition coefficient (Wildman–Crippen LogP) is 6.68. The van der Waals surface area contributed by atoms with Crippen LogP contribution in [0, 0.1) is 20.8 Å². The molecule has 0 amide bonds. The molecular formula is C30H22N6. The highest BCUT2D eigenvalue weighted by molar-refractivity contribution is 5.92. The van der Waals surface area contributed by atoms with Crippen LogP contribution in [-0.2, 0) is 0 Å². The second kappa shape index (κ2) is 6.70. The van der Waals surface area contributed by atoms with Gasteiger partial charge in [0.2, 0.25) is 17.3 Å². The maximum absolute atomic E-state index is 5.16. The second-order valence-electron chi connectivity index (χ2n) is 9.80. The van der Waals surface area contributed by atoms with Gasteiger partial charge in [0.05, 0.1) is 33.1 Å². The van der Waals surface area contributed by atoms with Gasteiger partial charge in [-0.2, -0.15) is 0 Å². The smallest absolute Gasteiger partial charge is 0.225 e. The summed E-state index contributed by atoms with van der Waals surface area (Å²) in [5.41, 5.74) is 11.9. The standard InChI is InChI=1S/C30H22N6/c1-17-4-8-20(9-5-17)21-10-13-27-24(16-21)33-30-35-26-12-7-19(3)15-23(26)31-28(35)34-25-11-6-18(2)14-22(25)32-29(34)36(27)30/h4-16H,1-3H3. The lowest BCUT2D eigenvalue weighted by atomic mass is 10.0. The molecule has 0 N–H and O–H groups in total. The Kier molecular flexibility index (Phi) is 3.64. The van der Waals surface area contributed by atoms with Crippen LogP contribution in [0.1, 0.15) is 16.7 Å². The lowest BCUT2D eigenvalue weighted by Gasteiger charge is -2.05. The summed E-state index contributed by atoms with van der Waals surface area (Å²) >= 11 is 0. The van der Waals surface area contributed by atoms with Crippen LogP contribution in [0.4, 0.5) is 0 Å². The zero-order valence-electron chi connectivity index (χ0n) is 20.2. The van der Waals surface area contributed by atoms with E-state index in [4.69, 9.17) is 15.0 Å². The van der Waals surface area contributed by atoms with Crippen LogP contribution in [0.5, 0.6) is 0 Å². The van der Waals surface area contributed by atoms with Gasteiger partial charge in [-0.15, -0.1) is 0 Å². The molecule has 0 atom stereocenters. The summed E-state index contributed by atoms with van der Waals surface area (Å²) in [5, 5.41) is 0. The SMILES string of the molecule is Cc1ccc(-c2ccc3c(c2)nc2n4c5ccc(C)cc5nc4n4c5ccc(C)cc5nc4n32)cc1. The number of rotatable bonds is 1. The molecule has 36 heavy (non-hydrogen) atoms.